The Bertz CT molecular complexity index is 580. The van der Waals surface area contributed by atoms with E-state index in [2.05, 4.69) is 5.10 Å². The molecule has 0 amide bonds. The molecule has 0 saturated carbocycles. The minimum atomic E-state index is -0.688. The number of thiophene rings is 1. The highest BCUT2D eigenvalue weighted by atomic mass is 32.1. The molecule has 2 aromatic heterocycles. The van der Waals surface area contributed by atoms with Crippen LogP contribution in [0, 0.1) is 0 Å². The number of ether oxygens (including phenoxy) is 2. The molecule has 1 aliphatic heterocycles. The van der Waals surface area contributed by atoms with E-state index in [0.717, 1.165) is 4.88 Å². The van der Waals surface area contributed by atoms with Crippen molar-refractivity contribution < 1.29 is 9.47 Å². The van der Waals surface area contributed by atoms with E-state index in [0.29, 0.717) is 12.4 Å². The molecule has 0 aromatic carbocycles. The van der Waals surface area contributed by atoms with E-state index in [9.17, 15) is 0 Å². The first kappa shape index (κ1) is 11.2. The van der Waals surface area contributed by atoms with Gasteiger partial charge in [0, 0.05) is 18.0 Å². The number of nitrogen functional groups attached to an aromatic ring is 1. The topological polar surface area (TPSA) is 62.3 Å². The third-order valence-corrected chi connectivity index (χ3v) is 3.98. The van der Waals surface area contributed by atoms with Crippen LogP contribution in [0.3, 0.4) is 0 Å². The quantitative estimate of drug-likeness (QED) is 0.922. The van der Waals surface area contributed by atoms with Gasteiger partial charge in [-0.1, -0.05) is 0 Å². The van der Waals surface area contributed by atoms with Gasteiger partial charge in [0.2, 0.25) is 0 Å². The van der Waals surface area contributed by atoms with Crippen molar-refractivity contribution in [3.05, 3.63) is 46.7 Å². The van der Waals surface area contributed by atoms with Crippen molar-refractivity contribution in [2.75, 3.05) is 5.73 Å². The van der Waals surface area contributed by atoms with E-state index >= 15 is 0 Å². The normalized spacial score (nSPS) is 16.5. The second-order valence-corrected chi connectivity index (χ2v) is 5.33. The standard InChI is InChI=1S/C12H13N3O2S/c1-12(16-6-7-17-12)10-3-2-9(18-10)8-15-5-4-11(13)14-15/h2-7H,8H2,1H3,(H2,13,14). The molecule has 2 N–H and O–H groups in total. The fraction of sp³-hybridized carbons (Fsp3) is 0.250. The van der Waals surface area contributed by atoms with E-state index in [1.54, 1.807) is 29.9 Å². The molecule has 0 radical (unpaired) electrons. The van der Waals surface area contributed by atoms with E-state index in [1.165, 1.54) is 4.88 Å². The van der Waals surface area contributed by atoms with Gasteiger partial charge in [0.25, 0.3) is 5.79 Å². The molecule has 0 spiro atoms. The molecule has 18 heavy (non-hydrogen) atoms. The molecule has 0 aliphatic carbocycles. The van der Waals surface area contributed by atoms with Gasteiger partial charge >= 0.3 is 0 Å². The average molecular weight is 263 g/mol. The van der Waals surface area contributed by atoms with Gasteiger partial charge in [0.15, 0.2) is 0 Å². The minimum Gasteiger partial charge on any atom is -0.452 e. The number of nitrogens with zero attached hydrogens (tertiary/aromatic N) is 2. The highest BCUT2D eigenvalue weighted by Crippen LogP contribution is 2.36. The fourth-order valence-corrected chi connectivity index (χ4v) is 2.82. The Morgan fingerprint density at radius 2 is 2.11 bits per heavy atom. The van der Waals surface area contributed by atoms with E-state index in [1.807, 2.05) is 29.9 Å². The molecule has 0 atom stereocenters. The molecule has 0 unspecified atom stereocenters. The summed E-state index contributed by atoms with van der Waals surface area (Å²) in [6.07, 6.45) is 4.99. The second-order valence-electron chi connectivity index (χ2n) is 4.16. The minimum absolute atomic E-state index is 0.533. The van der Waals surface area contributed by atoms with Gasteiger partial charge in [0.05, 0.1) is 11.4 Å². The van der Waals surface area contributed by atoms with Crippen molar-refractivity contribution in [2.45, 2.75) is 19.3 Å². The summed E-state index contributed by atoms with van der Waals surface area (Å²) in [6, 6.07) is 5.84. The summed E-state index contributed by atoms with van der Waals surface area (Å²) in [7, 11) is 0. The van der Waals surface area contributed by atoms with Crippen LogP contribution in [0.4, 0.5) is 5.82 Å². The molecule has 0 fully saturated rings. The van der Waals surface area contributed by atoms with Crippen LogP contribution in [0.15, 0.2) is 36.9 Å². The molecule has 2 aromatic rings. The highest BCUT2D eigenvalue weighted by Gasteiger charge is 2.33. The van der Waals surface area contributed by atoms with Gasteiger partial charge in [0.1, 0.15) is 18.3 Å². The largest absolute Gasteiger partial charge is 0.452 e. The number of rotatable bonds is 3. The van der Waals surface area contributed by atoms with Crippen molar-refractivity contribution in [1.82, 2.24) is 9.78 Å². The summed E-state index contributed by atoms with van der Waals surface area (Å²) >= 11 is 1.64. The van der Waals surface area contributed by atoms with Crippen LogP contribution in [0.25, 0.3) is 0 Å². The lowest BCUT2D eigenvalue weighted by atomic mass is 10.2. The maximum Gasteiger partial charge on any atom is 0.283 e. The summed E-state index contributed by atoms with van der Waals surface area (Å²) in [4.78, 5) is 2.20. The number of hydrogen-bond acceptors (Lipinski definition) is 5. The summed E-state index contributed by atoms with van der Waals surface area (Å²) in [6.45, 7) is 2.60. The third-order valence-electron chi connectivity index (χ3n) is 2.73. The van der Waals surface area contributed by atoms with Crippen LogP contribution in [0.2, 0.25) is 0 Å². The second kappa shape index (κ2) is 4.06. The maximum atomic E-state index is 5.58. The molecule has 3 heterocycles. The lowest BCUT2D eigenvalue weighted by Gasteiger charge is -2.20. The van der Waals surface area contributed by atoms with Gasteiger partial charge in [-0.05, 0) is 18.2 Å². The first-order chi connectivity index (χ1) is 8.66. The summed E-state index contributed by atoms with van der Waals surface area (Å²) in [5, 5.41) is 4.16. The van der Waals surface area contributed by atoms with Crippen LogP contribution in [-0.4, -0.2) is 9.78 Å². The van der Waals surface area contributed by atoms with E-state index in [4.69, 9.17) is 15.2 Å². The number of nitrogens with two attached hydrogens (primary N) is 1. The lowest BCUT2D eigenvalue weighted by Crippen LogP contribution is -2.20. The van der Waals surface area contributed by atoms with Gasteiger partial charge in [-0.3, -0.25) is 4.68 Å². The van der Waals surface area contributed by atoms with Crippen LogP contribution >= 0.6 is 11.3 Å². The first-order valence-electron chi connectivity index (χ1n) is 5.54. The van der Waals surface area contributed by atoms with Crippen LogP contribution < -0.4 is 5.73 Å². The van der Waals surface area contributed by atoms with Gasteiger partial charge in [-0.15, -0.1) is 11.3 Å². The van der Waals surface area contributed by atoms with E-state index in [-0.39, 0.29) is 0 Å². The Hall–Kier alpha value is -1.95. The highest BCUT2D eigenvalue weighted by molar-refractivity contribution is 7.12. The number of hydrogen-bond donors (Lipinski definition) is 1. The Kier molecular flexibility index (Phi) is 2.52. The van der Waals surface area contributed by atoms with E-state index < -0.39 is 5.79 Å². The van der Waals surface area contributed by atoms with Crippen molar-refractivity contribution in [1.29, 1.82) is 0 Å². The molecular weight excluding hydrogens is 250 g/mol. The predicted octanol–water partition coefficient (Wildman–Crippen LogP) is 2.27. The Morgan fingerprint density at radius 1 is 1.33 bits per heavy atom. The molecule has 3 rings (SSSR count). The van der Waals surface area contributed by atoms with Gasteiger partial charge in [-0.25, -0.2) is 0 Å². The third kappa shape index (κ3) is 1.95. The zero-order valence-corrected chi connectivity index (χ0v) is 10.7. The zero-order valence-electron chi connectivity index (χ0n) is 9.87. The monoisotopic (exact) mass is 263 g/mol. The molecule has 0 saturated heterocycles. The Balaban J connectivity index is 1.77. The van der Waals surface area contributed by atoms with Crippen molar-refractivity contribution in [3.63, 3.8) is 0 Å². The SMILES string of the molecule is CC1(c2ccc(Cn3ccc(N)n3)s2)OC=CO1. The summed E-state index contributed by atoms with van der Waals surface area (Å²) in [5.74, 6) is -0.156. The smallest absolute Gasteiger partial charge is 0.283 e. The summed E-state index contributed by atoms with van der Waals surface area (Å²) < 4.78 is 12.7. The number of aromatic nitrogens is 2. The van der Waals surface area contributed by atoms with Crippen molar-refractivity contribution in [3.8, 4) is 0 Å². The van der Waals surface area contributed by atoms with Crippen molar-refractivity contribution in [2.24, 2.45) is 0 Å². The van der Waals surface area contributed by atoms with Crippen LogP contribution in [0.1, 0.15) is 16.7 Å². The average Bonchev–Trinajstić information content (AvgIpc) is 3.02. The van der Waals surface area contributed by atoms with Crippen LogP contribution in [-0.2, 0) is 21.8 Å². The molecule has 5 nitrogen and oxygen atoms in total. The zero-order chi connectivity index (χ0) is 12.6. The molecular formula is C12H13N3O2S. The lowest BCUT2D eigenvalue weighted by molar-refractivity contribution is -0.130. The molecule has 94 valence electrons. The molecule has 6 heteroatoms. The number of anilines is 1. The Labute approximate surface area is 108 Å². The maximum absolute atomic E-state index is 5.58. The van der Waals surface area contributed by atoms with Crippen LogP contribution in [0.5, 0.6) is 0 Å². The van der Waals surface area contributed by atoms with Crippen molar-refractivity contribution >= 4 is 17.2 Å². The van der Waals surface area contributed by atoms with Gasteiger partial charge < -0.3 is 15.2 Å². The summed E-state index contributed by atoms with van der Waals surface area (Å²) in [5.41, 5.74) is 5.58. The fourth-order valence-electron chi connectivity index (χ4n) is 1.79. The first-order valence-corrected chi connectivity index (χ1v) is 6.36. The van der Waals surface area contributed by atoms with Gasteiger partial charge in [-0.2, -0.15) is 5.10 Å². The molecule has 0 bridgehead atoms. The molecule has 1 aliphatic rings. The predicted molar refractivity (Wildman–Crippen MR) is 68.7 cm³/mol. The Morgan fingerprint density at radius 3 is 2.78 bits per heavy atom.